The van der Waals surface area contributed by atoms with Gasteiger partial charge in [0.2, 0.25) is 0 Å². The summed E-state index contributed by atoms with van der Waals surface area (Å²) >= 11 is 4.80. The summed E-state index contributed by atoms with van der Waals surface area (Å²) in [6.45, 7) is 7.37. The Bertz CT molecular complexity index is 684. The molecule has 2 aromatic rings. The highest BCUT2D eigenvalue weighted by atomic mass is 32.1. The number of thiocarbonyl (C=S) groups is 1. The fourth-order valence-electron chi connectivity index (χ4n) is 2.33. The van der Waals surface area contributed by atoms with E-state index in [4.69, 9.17) is 27.4 Å². The minimum absolute atomic E-state index is 0.246. The van der Waals surface area contributed by atoms with Gasteiger partial charge in [-0.3, -0.25) is 0 Å². The Morgan fingerprint density at radius 3 is 2.38 bits per heavy atom. The van der Waals surface area contributed by atoms with E-state index in [0.29, 0.717) is 19.1 Å². The lowest BCUT2D eigenvalue weighted by Gasteiger charge is -2.15. The highest BCUT2D eigenvalue weighted by Gasteiger charge is 2.08. The molecule has 4 nitrogen and oxygen atoms in total. The fourth-order valence-corrected chi connectivity index (χ4v) is 2.45. The Morgan fingerprint density at radius 1 is 1.08 bits per heavy atom. The van der Waals surface area contributed by atoms with Gasteiger partial charge in [-0.1, -0.05) is 26.0 Å². The Kier molecular flexibility index (Phi) is 6.44. The molecule has 0 heterocycles. The van der Waals surface area contributed by atoms with Gasteiger partial charge in [-0.2, -0.15) is 0 Å². The normalized spacial score (nSPS) is 10.5. The van der Waals surface area contributed by atoms with Gasteiger partial charge in [0.25, 0.3) is 0 Å². The number of rotatable bonds is 7. The first kappa shape index (κ1) is 18.1. The number of nitrogens with two attached hydrogens (primary N) is 1. The number of hydrogen-bond donors (Lipinski definition) is 2. The van der Waals surface area contributed by atoms with Crippen LogP contribution in [0.3, 0.4) is 0 Å². The molecule has 0 unspecified atom stereocenters. The second kappa shape index (κ2) is 8.55. The van der Waals surface area contributed by atoms with Crippen molar-refractivity contribution in [2.75, 3.05) is 18.5 Å². The monoisotopic (exact) mass is 344 g/mol. The van der Waals surface area contributed by atoms with Gasteiger partial charge in [0.05, 0.1) is 0 Å². The zero-order valence-electron chi connectivity index (χ0n) is 14.3. The van der Waals surface area contributed by atoms with Gasteiger partial charge in [-0.05, 0) is 66.5 Å². The Morgan fingerprint density at radius 2 is 1.75 bits per heavy atom. The van der Waals surface area contributed by atoms with Crippen LogP contribution in [0, 0.1) is 6.92 Å². The molecule has 0 fully saturated rings. The molecule has 0 bridgehead atoms. The SMILES string of the molecule is Cc1ccc(C(C)C)c(OCCOc2ccc(NC(N)=S)cc2)c1. The molecule has 0 aromatic heterocycles. The number of benzene rings is 2. The lowest BCUT2D eigenvalue weighted by molar-refractivity contribution is 0.215. The number of hydrogen-bond acceptors (Lipinski definition) is 3. The van der Waals surface area contributed by atoms with Crippen LogP contribution in [0.15, 0.2) is 42.5 Å². The Balaban J connectivity index is 1.85. The van der Waals surface area contributed by atoms with Crippen molar-refractivity contribution in [3.8, 4) is 11.5 Å². The van der Waals surface area contributed by atoms with Crippen LogP contribution in [0.25, 0.3) is 0 Å². The zero-order valence-corrected chi connectivity index (χ0v) is 15.2. The minimum Gasteiger partial charge on any atom is -0.490 e. The molecule has 0 aliphatic carbocycles. The molecule has 2 rings (SSSR count). The summed E-state index contributed by atoms with van der Waals surface area (Å²) in [6, 6.07) is 13.8. The largest absolute Gasteiger partial charge is 0.490 e. The first-order chi connectivity index (χ1) is 11.5. The highest BCUT2D eigenvalue weighted by molar-refractivity contribution is 7.80. The van der Waals surface area contributed by atoms with E-state index in [-0.39, 0.29) is 5.11 Å². The summed E-state index contributed by atoms with van der Waals surface area (Å²) in [5.74, 6) is 2.14. The number of aryl methyl sites for hydroxylation is 1. The van der Waals surface area contributed by atoms with E-state index in [9.17, 15) is 0 Å². The van der Waals surface area contributed by atoms with E-state index in [1.165, 1.54) is 11.1 Å². The number of anilines is 1. The van der Waals surface area contributed by atoms with Crippen molar-refractivity contribution in [1.82, 2.24) is 0 Å². The van der Waals surface area contributed by atoms with Gasteiger partial charge < -0.3 is 20.5 Å². The van der Waals surface area contributed by atoms with Crippen LogP contribution in [0.4, 0.5) is 5.69 Å². The average molecular weight is 344 g/mol. The van der Waals surface area contributed by atoms with E-state index >= 15 is 0 Å². The molecule has 0 saturated heterocycles. The van der Waals surface area contributed by atoms with Crippen LogP contribution in [0.5, 0.6) is 11.5 Å². The molecule has 0 spiro atoms. The predicted molar refractivity (Wildman–Crippen MR) is 103 cm³/mol. The van der Waals surface area contributed by atoms with Crippen molar-refractivity contribution < 1.29 is 9.47 Å². The van der Waals surface area contributed by atoms with Crippen molar-refractivity contribution >= 4 is 23.0 Å². The third-order valence-electron chi connectivity index (χ3n) is 3.52. The van der Waals surface area contributed by atoms with Gasteiger partial charge in [0.15, 0.2) is 5.11 Å². The van der Waals surface area contributed by atoms with Crippen LogP contribution in [0.2, 0.25) is 0 Å². The molecule has 0 saturated carbocycles. The number of ether oxygens (including phenoxy) is 2. The summed E-state index contributed by atoms with van der Waals surface area (Å²) in [5.41, 5.74) is 8.68. The second-order valence-electron chi connectivity index (χ2n) is 5.91. The van der Waals surface area contributed by atoms with Crippen molar-refractivity contribution in [2.45, 2.75) is 26.7 Å². The smallest absolute Gasteiger partial charge is 0.168 e. The fraction of sp³-hybridized carbons (Fsp3) is 0.316. The number of nitrogens with one attached hydrogen (secondary N) is 1. The summed E-state index contributed by atoms with van der Waals surface area (Å²) in [4.78, 5) is 0. The quantitative estimate of drug-likeness (QED) is 0.581. The molecule has 3 N–H and O–H groups in total. The first-order valence-corrected chi connectivity index (χ1v) is 8.39. The maximum Gasteiger partial charge on any atom is 0.168 e. The molecule has 0 aliphatic rings. The lowest BCUT2D eigenvalue weighted by Crippen LogP contribution is -2.18. The molecule has 2 aromatic carbocycles. The highest BCUT2D eigenvalue weighted by Crippen LogP contribution is 2.27. The van der Waals surface area contributed by atoms with Gasteiger partial charge in [0.1, 0.15) is 24.7 Å². The van der Waals surface area contributed by atoms with Gasteiger partial charge >= 0.3 is 0 Å². The van der Waals surface area contributed by atoms with Crippen LogP contribution >= 0.6 is 12.2 Å². The molecule has 0 aliphatic heterocycles. The molecular formula is C19H24N2O2S. The Labute approximate surface area is 149 Å². The summed E-state index contributed by atoms with van der Waals surface area (Å²) in [5, 5.41) is 3.12. The van der Waals surface area contributed by atoms with E-state index < -0.39 is 0 Å². The van der Waals surface area contributed by atoms with E-state index in [1.54, 1.807) is 0 Å². The van der Waals surface area contributed by atoms with Gasteiger partial charge in [-0.15, -0.1) is 0 Å². The zero-order chi connectivity index (χ0) is 17.5. The standard InChI is InChI=1S/C19H24N2O2S/c1-13(2)17-9-4-14(3)12-18(17)23-11-10-22-16-7-5-15(6-8-16)21-19(20)24/h4-9,12-13H,10-11H2,1-3H3,(H3,20,21,24). The summed E-state index contributed by atoms with van der Waals surface area (Å²) in [7, 11) is 0. The van der Waals surface area contributed by atoms with Crippen molar-refractivity contribution in [3.05, 3.63) is 53.6 Å². The topological polar surface area (TPSA) is 56.5 Å². The van der Waals surface area contributed by atoms with Crippen LogP contribution in [-0.2, 0) is 0 Å². The van der Waals surface area contributed by atoms with Crippen molar-refractivity contribution in [3.63, 3.8) is 0 Å². The first-order valence-electron chi connectivity index (χ1n) is 7.98. The molecule has 0 radical (unpaired) electrons. The maximum absolute atomic E-state index is 5.91. The molecule has 0 amide bonds. The lowest BCUT2D eigenvalue weighted by atomic mass is 10.0. The van der Waals surface area contributed by atoms with Crippen molar-refractivity contribution in [2.24, 2.45) is 5.73 Å². The third kappa shape index (κ3) is 5.42. The molecule has 5 heteroatoms. The molecule has 128 valence electrons. The third-order valence-corrected chi connectivity index (χ3v) is 3.62. The molecule has 24 heavy (non-hydrogen) atoms. The summed E-state index contributed by atoms with van der Waals surface area (Å²) < 4.78 is 11.6. The average Bonchev–Trinajstić information content (AvgIpc) is 2.52. The molecule has 0 atom stereocenters. The van der Waals surface area contributed by atoms with Crippen LogP contribution < -0.4 is 20.5 Å². The van der Waals surface area contributed by atoms with E-state index in [1.807, 2.05) is 24.3 Å². The minimum atomic E-state index is 0.246. The van der Waals surface area contributed by atoms with E-state index in [2.05, 4.69) is 44.3 Å². The van der Waals surface area contributed by atoms with Crippen LogP contribution in [0.1, 0.15) is 30.9 Å². The maximum atomic E-state index is 5.91. The summed E-state index contributed by atoms with van der Waals surface area (Å²) in [6.07, 6.45) is 0. The predicted octanol–water partition coefficient (Wildman–Crippen LogP) is 4.23. The second-order valence-corrected chi connectivity index (χ2v) is 6.35. The van der Waals surface area contributed by atoms with Gasteiger partial charge in [-0.25, -0.2) is 0 Å². The molecular weight excluding hydrogens is 320 g/mol. The van der Waals surface area contributed by atoms with Crippen molar-refractivity contribution in [1.29, 1.82) is 0 Å². The van der Waals surface area contributed by atoms with Gasteiger partial charge in [0, 0.05) is 5.69 Å². The van der Waals surface area contributed by atoms with Crippen LogP contribution in [-0.4, -0.2) is 18.3 Å². The Hall–Kier alpha value is -2.27. The van der Waals surface area contributed by atoms with E-state index in [0.717, 1.165) is 17.2 Å².